The Hall–Kier alpha value is -1.91. The molecule has 142 valence electrons. The number of aryl methyl sites for hydroxylation is 1. The first-order valence-electron chi connectivity index (χ1n) is 8.15. The fourth-order valence-corrected chi connectivity index (χ4v) is 6.41. The summed E-state index contributed by atoms with van der Waals surface area (Å²) >= 11 is 0. The Bertz CT molecular complexity index is 1020. The quantitative estimate of drug-likeness (QED) is 0.756. The molecule has 1 aromatic heterocycles. The molecule has 0 spiro atoms. The lowest BCUT2D eigenvalue weighted by Gasteiger charge is -2.15. The van der Waals surface area contributed by atoms with Crippen LogP contribution in [0.25, 0.3) is 0 Å². The molecule has 10 heteroatoms. The first-order valence-corrected chi connectivity index (χ1v) is 11.0. The normalized spacial score (nSPS) is 16.1. The maximum Gasteiger partial charge on any atom is 0.283 e. The van der Waals surface area contributed by atoms with Gasteiger partial charge in [0, 0.05) is 13.1 Å². The van der Waals surface area contributed by atoms with E-state index in [1.165, 1.54) is 49.5 Å². The number of benzene rings is 1. The third-order valence-corrected chi connectivity index (χ3v) is 8.26. The fraction of sp³-hybridized carbons (Fsp3) is 0.438. The van der Waals surface area contributed by atoms with Crippen molar-refractivity contribution in [3.63, 3.8) is 0 Å². The van der Waals surface area contributed by atoms with E-state index in [0.717, 1.165) is 16.9 Å². The molecule has 2 aromatic rings. The average molecular weight is 399 g/mol. The largest absolute Gasteiger partial charge is 0.497 e. The smallest absolute Gasteiger partial charge is 0.283 e. The van der Waals surface area contributed by atoms with Gasteiger partial charge in [-0.2, -0.15) is 21.9 Å². The molecule has 0 atom stereocenters. The first kappa shape index (κ1) is 18.9. The van der Waals surface area contributed by atoms with Gasteiger partial charge < -0.3 is 4.74 Å². The molecule has 0 unspecified atom stereocenters. The molecule has 3 rings (SSSR count). The minimum atomic E-state index is -4.01. The van der Waals surface area contributed by atoms with Crippen LogP contribution in [-0.4, -0.2) is 50.5 Å². The predicted octanol–water partition coefficient (Wildman–Crippen LogP) is 1.53. The monoisotopic (exact) mass is 399 g/mol. The topological polar surface area (TPSA) is 98.6 Å². The van der Waals surface area contributed by atoms with Crippen molar-refractivity contribution in [2.24, 2.45) is 0 Å². The van der Waals surface area contributed by atoms with Crippen molar-refractivity contribution in [1.29, 1.82) is 0 Å². The summed E-state index contributed by atoms with van der Waals surface area (Å²) in [5.74, 6) is 0.523. The molecule has 26 heavy (non-hydrogen) atoms. The van der Waals surface area contributed by atoms with Gasteiger partial charge in [-0.15, -0.1) is 0 Å². The van der Waals surface area contributed by atoms with Crippen molar-refractivity contribution < 1.29 is 21.6 Å². The van der Waals surface area contributed by atoms with Crippen LogP contribution in [0, 0.1) is 13.8 Å². The van der Waals surface area contributed by atoms with Crippen LogP contribution < -0.4 is 4.74 Å². The van der Waals surface area contributed by atoms with Crippen molar-refractivity contribution >= 4 is 20.0 Å². The summed E-state index contributed by atoms with van der Waals surface area (Å²) in [7, 11) is -6.29. The Morgan fingerprint density at radius 3 is 2.08 bits per heavy atom. The maximum atomic E-state index is 12.9. The Balaban J connectivity index is 2.09. The molecule has 1 aromatic carbocycles. The number of aromatic nitrogens is 2. The molecule has 0 bridgehead atoms. The van der Waals surface area contributed by atoms with Gasteiger partial charge in [-0.3, -0.25) is 0 Å². The summed E-state index contributed by atoms with van der Waals surface area (Å²) in [6.45, 7) is 3.86. The molecule has 2 heterocycles. The molecular formula is C16H21N3O5S2. The van der Waals surface area contributed by atoms with Gasteiger partial charge in [0.05, 0.1) is 23.4 Å². The molecule has 0 amide bonds. The number of sulfonamides is 1. The third-order valence-electron chi connectivity index (χ3n) is 4.43. The van der Waals surface area contributed by atoms with Gasteiger partial charge in [-0.1, -0.05) is 0 Å². The lowest BCUT2D eigenvalue weighted by Crippen LogP contribution is -2.29. The average Bonchev–Trinajstić information content (AvgIpc) is 3.24. The minimum absolute atomic E-state index is 0.00835. The van der Waals surface area contributed by atoms with Crippen LogP contribution in [0.15, 0.2) is 34.1 Å². The lowest BCUT2D eigenvalue weighted by molar-refractivity contribution is 0.414. The van der Waals surface area contributed by atoms with Crippen molar-refractivity contribution in [1.82, 2.24) is 13.5 Å². The molecule has 0 saturated carbocycles. The molecule has 8 nitrogen and oxygen atoms in total. The van der Waals surface area contributed by atoms with E-state index in [2.05, 4.69) is 5.10 Å². The zero-order valence-corrected chi connectivity index (χ0v) is 16.5. The van der Waals surface area contributed by atoms with Crippen LogP contribution in [0.5, 0.6) is 5.75 Å². The number of rotatable bonds is 5. The number of hydrogen-bond acceptors (Lipinski definition) is 6. The van der Waals surface area contributed by atoms with Crippen LogP contribution in [0.1, 0.15) is 24.2 Å². The van der Waals surface area contributed by atoms with Crippen LogP contribution in [0.3, 0.4) is 0 Å². The number of nitrogens with zero attached hydrogens (tertiary/aromatic N) is 3. The SMILES string of the molecule is COc1ccc(S(=O)(=O)n2nc(C)c(S(=O)(=O)N3CCCC3)c2C)cc1. The molecule has 1 aliphatic rings. The highest BCUT2D eigenvalue weighted by Gasteiger charge is 2.35. The van der Waals surface area contributed by atoms with Crippen LogP contribution in [0.4, 0.5) is 0 Å². The summed E-state index contributed by atoms with van der Waals surface area (Å²) in [6, 6.07) is 5.86. The Kier molecular flexibility index (Phi) is 4.84. The van der Waals surface area contributed by atoms with Crippen molar-refractivity contribution in [3.8, 4) is 5.75 Å². The van der Waals surface area contributed by atoms with Crippen molar-refractivity contribution in [3.05, 3.63) is 35.7 Å². The first-order chi connectivity index (χ1) is 12.2. The van der Waals surface area contributed by atoms with Crippen LogP contribution in [0.2, 0.25) is 0 Å². The molecule has 1 aliphatic heterocycles. The molecule has 0 radical (unpaired) electrons. The highest BCUT2D eigenvalue weighted by Crippen LogP contribution is 2.28. The van der Waals surface area contributed by atoms with E-state index >= 15 is 0 Å². The third kappa shape index (κ3) is 3.01. The number of methoxy groups -OCH3 is 1. The van der Waals surface area contributed by atoms with Crippen molar-refractivity contribution in [2.45, 2.75) is 36.5 Å². The van der Waals surface area contributed by atoms with E-state index in [1.807, 2.05) is 0 Å². The minimum Gasteiger partial charge on any atom is -0.497 e. The highest BCUT2D eigenvalue weighted by atomic mass is 32.2. The molecular weight excluding hydrogens is 378 g/mol. The molecule has 1 fully saturated rings. The molecule has 1 saturated heterocycles. The molecule has 0 N–H and O–H groups in total. The van der Waals surface area contributed by atoms with E-state index in [-0.39, 0.29) is 21.2 Å². The summed E-state index contributed by atoms with van der Waals surface area (Å²) in [4.78, 5) is -0.0227. The number of hydrogen-bond donors (Lipinski definition) is 0. The Morgan fingerprint density at radius 2 is 1.54 bits per heavy atom. The molecule has 0 aliphatic carbocycles. The zero-order valence-electron chi connectivity index (χ0n) is 14.8. The van der Waals surface area contributed by atoms with Gasteiger partial charge >= 0.3 is 0 Å². The highest BCUT2D eigenvalue weighted by molar-refractivity contribution is 7.90. The van der Waals surface area contributed by atoms with Crippen molar-refractivity contribution in [2.75, 3.05) is 20.2 Å². The predicted molar refractivity (Wildman–Crippen MR) is 95.3 cm³/mol. The van der Waals surface area contributed by atoms with E-state index < -0.39 is 20.0 Å². The summed E-state index contributed by atoms with van der Waals surface area (Å²) in [6.07, 6.45) is 1.60. The summed E-state index contributed by atoms with van der Waals surface area (Å²) < 4.78 is 58.8. The maximum absolute atomic E-state index is 12.9. The Labute approximate surface area is 153 Å². The second kappa shape index (κ2) is 6.67. The standard InChI is InChI=1S/C16H21N3O5S2/c1-12-16(26(22,23)18-10-4-5-11-18)13(2)19(17-12)25(20,21)15-8-6-14(24-3)7-9-15/h6-9H,4-5,10-11H2,1-3H3. The second-order valence-corrected chi connectivity index (χ2v) is 9.78. The van der Waals surface area contributed by atoms with Crippen LogP contribution >= 0.6 is 0 Å². The van der Waals surface area contributed by atoms with E-state index in [1.54, 1.807) is 0 Å². The van der Waals surface area contributed by atoms with Gasteiger partial charge in [0.25, 0.3) is 10.0 Å². The van der Waals surface area contributed by atoms with E-state index in [0.29, 0.717) is 18.8 Å². The fourth-order valence-electron chi connectivity index (χ4n) is 3.12. The van der Waals surface area contributed by atoms with Gasteiger partial charge in [-0.05, 0) is 51.0 Å². The number of ether oxygens (including phenoxy) is 1. The lowest BCUT2D eigenvalue weighted by atomic mass is 10.3. The van der Waals surface area contributed by atoms with Crippen LogP contribution in [-0.2, 0) is 20.0 Å². The Morgan fingerprint density at radius 1 is 0.962 bits per heavy atom. The second-order valence-electron chi connectivity index (χ2n) is 6.13. The van der Waals surface area contributed by atoms with E-state index in [9.17, 15) is 16.8 Å². The summed E-state index contributed by atoms with van der Waals surface area (Å²) in [5, 5.41) is 4.03. The zero-order chi connectivity index (χ0) is 19.1. The summed E-state index contributed by atoms with van der Waals surface area (Å²) in [5.41, 5.74) is 0.261. The van der Waals surface area contributed by atoms with Gasteiger partial charge in [0.2, 0.25) is 10.0 Å². The van der Waals surface area contributed by atoms with Gasteiger partial charge in [0.1, 0.15) is 10.6 Å². The van der Waals surface area contributed by atoms with Gasteiger partial charge in [0.15, 0.2) is 0 Å². The van der Waals surface area contributed by atoms with Gasteiger partial charge in [-0.25, -0.2) is 8.42 Å². The van der Waals surface area contributed by atoms with E-state index in [4.69, 9.17) is 4.74 Å².